The highest BCUT2D eigenvalue weighted by atomic mass is 35.5. The van der Waals surface area contributed by atoms with Crippen molar-refractivity contribution in [3.63, 3.8) is 0 Å². The molecule has 5 rings (SSSR count). The summed E-state index contributed by atoms with van der Waals surface area (Å²) in [6, 6.07) is 4.87. The highest BCUT2D eigenvalue weighted by molar-refractivity contribution is 6.31. The first kappa shape index (κ1) is 16.6. The van der Waals surface area contributed by atoms with Crippen molar-refractivity contribution >= 4 is 40.1 Å². The molecule has 0 saturated carbocycles. The molecule has 9 heteroatoms. The third-order valence-electron chi connectivity index (χ3n) is 5.26. The number of halogens is 2. The van der Waals surface area contributed by atoms with E-state index in [1.165, 1.54) is 12.5 Å². The predicted molar refractivity (Wildman–Crippen MR) is 102 cm³/mol. The lowest BCUT2D eigenvalue weighted by molar-refractivity contribution is 0.577. The summed E-state index contributed by atoms with van der Waals surface area (Å²) in [6.45, 7) is 3.52. The third-order valence-corrected chi connectivity index (χ3v) is 5.64. The molecule has 2 aliphatic rings. The SMILES string of the molecule is Cc1c(Cl)cnc(Nc2ncnc3ccc(N4C[C@@H]5C[C@H]4CN5)nc23)c1F. The molecule has 3 aromatic heterocycles. The van der Waals surface area contributed by atoms with Gasteiger partial charge in [0.05, 0.1) is 10.5 Å². The second-order valence-electron chi connectivity index (χ2n) is 6.93. The zero-order valence-electron chi connectivity index (χ0n) is 14.6. The van der Waals surface area contributed by atoms with Gasteiger partial charge in [0.25, 0.3) is 0 Å². The van der Waals surface area contributed by atoms with Crippen LogP contribution in [0.25, 0.3) is 11.0 Å². The maximum Gasteiger partial charge on any atom is 0.170 e. The molecule has 2 atom stereocenters. The van der Waals surface area contributed by atoms with Crippen LogP contribution in [0.5, 0.6) is 0 Å². The quantitative estimate of drug-likeness (QED) is 0.717. The Morgan fingerprint density at radius 3 is 2.93 bits per heavy atom. The molecule has 3 aromatic rings. The van der Waals surface area contributed by atoms with Crippen molar-refractivity contribution < 1.29 is 4.39 Å². The second-order valence-corrected chi connectivity index (χ2v) is 7.33. The minimum absolute atomic E-state index is 0.0635. The molecule has 0 unspecified atom stereocenters. The fourth-order valence-corrected chi connectivity index (χ4v) is 3.91. The highest BCUT2D eigenvalue weighted by Crippen LogP contribution is 2.31. The van der Waals surface area contributed by atoms with Crippen molar-refractivity contribution in [3.8, 4) is 0 Å². The summed E-state index contributed by atoms with van der Waals surface area (Å²) in [4.78, 5) is 19.7. The van der Waals surface area contributed by atoms with E-state index in [-0.39, 0.29) is 10.8 Å². The first-order valence-corrected chi connectivity index (χ1v) is 9.17. The molecule has 0 radical (unpaired) electrons. The number of rotatable bonds is 3. The molecule has 27 heavy (non-hydrogen) atoms. The molecule has 2 fully saturated rings. The lowest BCUT2D eigenvalue weighted by Crippen LogP contribution is -2.44. The Hall–Kier alpha value is -2.58. The van der Waals surface area contributed by atoms with Gasteiger partial charge in [0.2, 0.25) is 0 Å². The second kappa shape index (κ2) is 6.24. The van der Waals surface area contributed by atoms with Gasteiger partial charge >= 0.3 is 0 Å². The van der Waals surface area contributed by atoms with Gasteiger partial charge in [-0.25, -0.2) is 24.3 Å². The number of hydrogen-bond acceptors (Lipinski definition) is 7. The molecular weight excluding hydrogens is 369 g/mol. The first-order valence-electron chi connectivity index (χ1n) is 8.79. The van der Waals surface area contributed by atoms with Gasteiger partial charge in [0, 0.05) is 36.9 Å². The van der Waals surface area contributed by atoms with Crippen molar-refractivity contribution in [2.45, 2.75) is 25.4 Å². The molecule has 0 aromatic carbocycles. The number of nitrogens with zero attached hydrogens (tertiary/aromatic N) is 5. The van der Waals surface area contributed by atoms with E-state index in [1.54, 1.807) is 6.92 Å². The predicted octanol–water partition coefficient (Wildman–Crippen LogP) is 2.81. The van der Waals surface area contributed by atoms with E-state index < -0.39 is 5.82 Å². The summed E-state index contributed by atoms with van der Waals surface area (Å²) < 4.78 is 14.5. The van der Waals surface area contributed by atoms with Gasteiger partial charge in [-0.05, 0) is 25.5 Å². The molecular formula is C18H17ClFN7. The van der Waals surface area contributed by atoms with Crippen molar-refractivity contribution in [1.29, 1.82) is 0 Å². The lowest BCUT2D eigenvalue weighted by atomic mass is 10.2. The van der Waals surface area contributed by atoms with Crippen LogP contribution in [0.1, 0.15) is 12.0 Å². The summed E-state index contributed by atoms with van der Waals surface area (Å²) in [6.07, 6.45) is 3.97. The summed E-state index contributed by atoms with van der Waals surface area (Å²) in [5.74, 6) is 0.856. The van der Waals surface area contributed by atoms with E-state index in [1.807, 2.05) is 12.1 Å². The van der Waals surface area contributed by atoms with Gasteiger partial charge in [0.1, 0.15) is 17.7 Å². The van der Waals surface area contributed by atoms with Crippen LogP contribution in [0.3, 0.4) is 0 Å². The zero-order chi connectivity index (χ0) is 18.5. The van der Waals surface area contributed by atoms with Crippen LogP contribution in [0, 0.1) is 12.7 Å². The van der Waals surface area contributed by atoms with Crippen molar-refractivity contribution in [2.24, 2.45) is 0 Å². The number of aromatic nitrogens is 4. The van der Waals surface area contributed by atoms with Gasteiger partial charge < -0.3 is 15.5 Å². The van der Waals surface area contributed by atoms with E-state index in [0.717, 1.165) is 25.3 Å². The van der Waals surface area contributed by atoms with E-state index in [0.29, 0.717) is 34.5 Å². The van der Waals surface area contributed by atoms with Crippen LogP contribution in [0.4, 0.5) is 21.8 Å². The molecule has 2 aliphatic heterocycles. The number of anilines is 3. The maximum atomic E-state index is 14.5. The summed E-state index contributed by atoms with van der Waals surface area (Å²) in [5, 5.41) is 6.71. The van der Waals surface area contributed by atoms with Gasteiger partial charge in [-0.2, -0.15) is 0 Å². The molecule has 0 spiro atoms. The van der Waals surface area contributed by atoms with Crippen LogP contribution in [-0.4, -0.2) is 45.1 Å². The monoisotopic (exact) mass is 385 g/mol. The number of piperazine rings is 1. The average molecular weight is 386 g/mol. The van der Waals surface area contributed by atoms with Gasteiger partial charge in [-0.1, -0.05) is 11.6 Å². The zero-order valence-corrected chi connectivity index (χ0v) is 15.3. The highest BCUT2D eigenvalue weighted by Gasteiger charge is 2.38. The molecule has 0 aliphatic carbocycles. The number of nitrogens with one attached hydrogen (secondary N) is 2. The van der Waals surface area contributed by atoms with Gasteiger partial charge in [-0.3, -0.25) is 0 Å². The molecule has 7 nitrogen and oxygen atoms in total. The Bertz CT molecular complexity index is 1040. The fourth-order valence-electron chi connectivity index (χ4n) is 3.78. The van der Waals surface area contributed by atoms with Crippen molar-refractivity contribution in [3.05, 3.63) is 41.1 Å². The van der Waals surface area contributed by atoms with Crippen LogP contribution in [0.15, 0.2) is 24.7 Å². The Morgan fingerprint density at radius 2 is 2.15 bits per heavy atom. The minimum atomic E-state index is -0.506. The Kier molecular flexibility index (Phi) is 3.84. The van der Waals surface area contributed by atoms with Crippen molar-refractivity contribution in [1.82, 2.24) is 25.3 Å². The van der Waals surface area contributed by atoms with Crippen LogP contribution >= 0.6 is 11.6 Å². The van der Waals surface area contributed by atoms with Crippen LogP contribution in [0.2, 0.25) is 5.02 Å². The molecule has 2 bridgehead atoms. The topological polar surface area (TPSA) is 78.9 Å². The number of hydrogen-bond donors (Lipinski definition) is 2. The van der Waals surface area contributed by atoms with Crippen molar-refractivity contribution in [2.75, 3.05) is 23.3 Å². The Balaban J connectivity index is 1.54. The summed E-state index contributed by atoms with van der Waals surface area (Å²) in [5.41, 5.74) is 1.60. The van der Waals surface area contributed by atoms with Gasteiger partial charge in [-0.15, -0.1) is 0 Å². The fraction of sp³-hybridized carbons (Fsp3) is 0.333. The lowest BCUT2D eigenvalue weighted by Gasteiger charge is -2.28. The largest absolute Gasteiger partial charge is 0.351 e. The molecule has 5 heterocycles. The van der Waals surface area contributed by atoms with E-state index >= 15 is 0 Å². The van der Waals surface area contributed by atoms with Crippen LogP contribution in [-0.2, 0) is 0 Å². The van der Waals surface area contributed by atoms with E-state index in [4.69, 9.17) is 16.6 Å². The standard InChI is InChI=1S/C18H17ClFN7/c1-9-12(19)6-22-17(15(9)20)26-18-16-13(23-8-24-18)2-3-14(25-16)27-7-10-4-11(27)5-21-10/h2-3,6,8,10-11,21H,4-5,7H2,1H3,(H,22,23,24,26)/t10-,11-/m0/s1. The average Bonchev–Trinajstić information content (AvgIpc) is 3.32. The molecule has 0 amide bonds. The Morgan fingerprint density at radius 1 is 1.26 bits per heavy atom. The van der Waals surface area contributed by atoms with E-state index in [9.17, 15) is 4.39 Å². The van der Waals surface area contributed by atoms with E-state index in [2.05, 4.69) is 30.5 Å². The normalized spacial score (nSPS) is 21.2. The smallest absolute Gasteiger partial charge is 0.170 e. The number of pyridine rings is 2. The maximum absolute atomic E-state index is 14.5. The molecule has 2 saturated heterocycles. The minimum Gasteiger partial charge on any atom is -0.351 e. The first-order chi connectivity index (χ1) is 13.1. The third kappa shape index (κ3) is 2.76. The van der Waals surface area contributed by atoms with Gasteiger partial charge in [0.15, 0.2) is 17.5 Å². The molecule has 2 N–H and O–H groups in total. The van der Waals surface area contributed by atoms with Crippen LogP contribution < -0.4 is 15.5 Å². The summed E-state index contributed by atoms with van der Waals surface area (Å²) >= 11 is 5.93. The Labute approximate surface area is 160 Å². The summed E-state index contributed by atoms with van der Waals surface area (Å²) in [7, 11) is 0. The molecule has 138 valence electrons. The number of fused-ring (bicyclic) bond motifs is 3.